The van der Waals surface area contributed by atoms with Gasteiger partial charge in [-0.25, -0.2) is 0 Å². The van der Waals surface area contributed by atoms with Gasteiger partial charge in [-0.15, -0.1) is 0 Å². The minimum Gasteiger partial charge on any atom is -0.496 e. The number of methoxy groups -OCH3 is 1. The van der Waals surface area contributed by atoms with E-state index in [2.05, 4.69) is 16.0 Å². The molecule has 0 aliphatic heterocycles. The van der Waals surface area contributed by atoms with Gasteiger partial charge in [0.25, 0.3) is 0 Å². The van der Waals surface area contributed by atoms with E-state index in [1.165, 1.54) is 0 Å². The molecule has 0 fully saturated rings. The van der Waals surface area contributed by atoms with Crippen molar-refractivity contribution in [1.82, 2.24) is 16.0 Å². The van der Waals surface area contributed by atoms with Crippen LogP contribution in [0.5, 0.6) is 5.75 Å². The quantitative estimate of drug-likeness (QED) is 0.344. The number of ether oxygens (including phenoxy) is 1. The number of benzene rings is 1. The third-order valence-corrected chi connectivity index (χ3v) is 2.70. The lowest BCUT2D eigenvalue weighted by atomic mass is 10.2. The van der Waals surface area contributed by atoms with E-state index in [1.54, 1.807) is 13.2 Å². The van der Waals surface area contributed by atoms with Crippen molar-refractivity contribution >= 4 is 18.2 Å². The maximum absolute atomic E-state index is 11.6. The molecule has 0 bridgehead atoms. The standard InChI is InChI=1S/C14H19N3O4/c1-21-12-6-3-2-5-11(12)9-17-14(20)13(19)16-8-4-7-15-10-18/h2-3,5-6,10H,4,7-9H2,1H3,(H,15,18)(H,16,19)(H,17,20). The normalized spacial score (nSPS) is 9.57. The molecule has 3 amide bonds. The molecule has 7 heteroatoms. The van der Waals surface area contributed by atoms with Crippen LogP contribution in [0.1, 0.15) is 12.0 Å². The first kappa shape index (κ1) is 16.5. The lowest BCUT2D eigenvalue weighted by Crippen LogP contribution is -2.40. The van der Waals surface area contributed by atoms with Gasteiger partial charge in [-0.2, -0.15) is 0 Å². The van der Waals surface area contributed by atoms with Crippen LogP contribution in [-0.4, -0.2) is 38.4 Å². The third kappa shape index (κ3) is 5.94. The Hall–Kier alpha value is -2.57. The third-order valence-electron chi connectivity index (χ3n) is 2.70. The summed E-state index contributed by atoms with van der Waals surface area (Å²) in [5.41, 5.74) is 0.788. The highest BCUT2D eigenvalue weighted by Gasteiger charge is 2.13. The highest BCUT2D eigenvalue weighted by molar-refractivity contribution is 6.35. The topological polar surface area (TPSA) is 96.5 Å². The van der Waals surface area contributed by atoms with Crippen molar-refractivity contribution in [2.75, 3.05) is 20.2 Å². The van der Waals surface area contributed by atoms with E-state index in [9.17, 15) is 14.4 Å². The summed E-state index contributed by atoms with van der Waals surface area (Å²) in [7, 11) is 1.54. The summed E-state index contributed by atoms with van der Waals surface area (Å²) >= 11 is 0. The molecule has 0 heterocycles. The molecule has 0 aliphatic carbocycles. The van der Waals surface area contributed by atoms with Crippen molar-refractivity contribution in [1.29, 1.82) is 0 Å². The molecule has 0 aliphatic rings. The summed E-state index contributed by atoms with van der Waals surface area (Å²) in [5, 5.41) is 7.46. The van der Waals surface area contributed by atoms with Gasteiger partial charge in [0.15, 0.2) is 0 Å². The molecule has 3 N–H and O–H groups in total. The molecule has 0 saturated carbocycles. The Morgan fingerprint density at radius 1 is 1.14 bits per heavy atom. The van der Waals surface area contributed by atoms with E-state index < -0.39 is 11.8 Å². The van der Waals surface area contributed by atoms with Gasteiger partial charge in [0.05, 0.1) is 7.11 Å². The van der Waals surface area contributed by atoms with Gasteiger partial charge in [0.2, 0.25) is 6.41 Å². The van der Waals surface area contributed by atoms with Crippen LogP contribution in [0, 0.1) is 0 Å². The smallest absolute Gasteiger partial charge is 0.309 e. The monoisotopic (exact) mass is 293 g/mol. The predicted octanol–water partition coefficient (Wildman–Crippen LogP) is -0.436. The molecule has 0 aromatic heterocycles. The van der Waals surface area contributed by atoms with Gasteiger partial charge in [-0.3, -0.25) is 14.4 Å². The number of carbonyl (C=O) groups is 3. The van der Waals surface area contributed by atoms with Gasteiger partial charge in [-0.1, -0.05) is 18.2 Å². The van der Waals surface area contributed by atoms with Crippen LogP contribution in [-0.2, 0) is 20.9 Å². The first-order valence-corrected chi connectivity index (χ1v) is 6.54. The van der Waals surface area contributed by atoms with Crippen LogP contribution >= 0.6 is 0 Å². The van der Waals surface area contributed by atoms with Crippen molar-refractivity contribution in [3.05, 3.63) is 29.8 Å². The average Bonchev–Trinajstić information content (AvgIpc) is 2.52. The Morgan fingerprint density at radius 2 is 1.86 bits per heavy atom. The van der Waals surface area contributed by atoms with Gasteiger partial charge in [0.1, 0.15) is 5.75 Å². The van der Waals surface area contributed by atoms with Crippen LogP contribution in [0.25, 0.3) is 0 Å². The van der Waals surface area contributed by atoms with Crippen molar-refractivity contribution in [3.8, 4) is 5.75 Å². The Labute approximate surface area is 123 Å². The number of hydrogen-bond acceptors (Lipinski definition) is 4. The highest BCUT2D eigenvalue weighted by Crippen LogP contribution is 2.16. The van der Waals surface area contributed by atoms with Crippen LogP contribution in [0.15, 0.2) is 24.3 Å². The molecule has 1 aromatic carbocycles. The van der Waals surface area contributed by atoms with E-state index >= 15 is 0 Å². The van der Waals surface area contributed by atoms with Gasteiger partial charge >= 0.3 is 11.8 Å². The van der Waals surface area contributed by atoms with Crippen LogP contribution in [0.4, 0.5) is 0 Å². The number of hydrogen-bond donors (Lipinski definition) is 3. The minimum atomic E-state index is -0.704. The highest BCUT2D eigenvalue weighted by atomic mass is 16.5. The summed E-state index contributed by atoms with van der Waals surface area (Å²) in [4.78, 5) is 33.1. The Balaban J connectivity index is 2.32. The van der Waals surface area contributed by atoms with Crippen molar-refractivity contribution < 1.29 is 19.1 Å². The molecule has 0 unspecified atom stereocenters. The van der Waals surface area contributed by atoms with E-state index in [0.29, 0.717) is 31.7 Å². The summed E-state index contributed by atoms with van der Waals surface area (Å²) in [6.45, 7) is 0.983. The van der Waals surface area contributed by atoms with E-state index in [1.807, 2.05) is 18.2 Å². The molecule has 0 radical (unpaired) electrons. The summed E-state index contributed by atoms with van der Waals surface area (Å²) in [5.74, 6) is -0.751. The Morgan fingerprint density at radius 3 is 2.57 bits per heavy atom. The molecule has 0 atom stereocenters. The fourth-order valence-electron chi connectivity index (χ4n) is 1.64. The predicted molar refractivity (Wildman–Crippen MR) is 76.5 cm³/mol. The molecule has 1 aromatic rings. The van der Waals surface area contributed by atoms with E-state index in [4.69, 9.17) is 4.74 Å². The molecule has 1 rings (SSSR count). The molecular formula is C14H19N3O4. The fraction of sp³-hybridized carbons (Fsp3) is 0.357. The second-order valence-electron chi connectivity index (χ2n) is 4.18. The minimum absolute atomic E-state index is 0.211. The zero-order valence-corrected chi connectivity index (χ0v) is 11.8. The molecule has 114 valence electrons. The lowest BCUT2D eigenvalue weighted by molar-refractivity contribution is -0.139. The Kier molecular flexibility index (Phi) is 7.34. The van der Waals surface area contributed by atoms with Crippen molar-refractivity contribution in [3.63, 3.8) is 0 Å². The SMILES string of the molecule is COc1ccccc1CNC(=O)C(=O)NCCCNC=O. The van der Waals surface area contributed by atoms with Crippen LogP contribution < -0.4 is 20.7 Å². The summed E-state index contributed by atoms with van der Waals surface area (Å²) in [6, 6.07) is 7.23. The molecular weight excluding hydrogens is 274 g/mol. The maximum atomic E-state index is 11.6. The molecule has 0 spiro atoms. The van der Waals surface area contributed by atoms with E-state index in [0.717, 1.165) is 5.56 Å². The van der Waals surface area contributed by atoms with Crippen molar-refractivity contribution in [2.45, 2.75) is 13.0 Å². The number of amides is 3. The van der Waals surface area contributed by atoms with Crippen LogP contribution in [0.3, 0.4) is 0 Å². The Bertz CT molecular complexity index is 491. The maximum Gasteiger partial charge on any atom is 0.309 e. The number of nitrogens with one attached hydrogen (secondary N) is 3. The second-order valence-corrected chi connectivity index (χ2v) is 4.18. The molecule has 7 nitrogen and oxygen atoms in total. The zero-order chi connectivity index (χ0) is 15.5. The largest absolute Gasteiger partial charge is 0.496 e. The number of para-hydroxylation sites is 1. The number of carbonyl (C=O) groups excluding carboxylic acids is 3. The van der Waals surface area contributed by atoms with Gasteiger partial charge < -0.3 is 20.7 Å². The molecule has 0 saturated heterocycles. The first-order valence-electron chi connectivity index (χ1n) is 6.54. The first-order chi connectivity index (χ1) is 10.2. The second kappa shape index (κ2) is 9.35. The van der Waals surface area contributed by atoms with Crippen LogP contribution in [0.2, 0.25) is 0 Å². The van der Waals surface area contributed by atoms with E-state index in [-0.39, 0.29) is 6.54 Å². The summed E-state index contributed by atoms with van der Waals surface area (Å²) < 4.78 is 5.15. The average molecular weight is 293 g/mol. The molecule has 21 heavy (non-hydrogen) atoms. The number of rotatable bonds is 8. The van der Waals surface area contributed by atoms with Crippen molar-refractivity contribution in [2.24, 2.45) is 0 Å². The lowest BCUT2D eigenvalue weighted by Gasteiger charge is -2.09. The van der Waals surface area contributed by atoms with Gasteiger partial charge in [-0.05, 0) is 12.5 Å². The summed E-state index contributed by atoms with van der Waals surface area (Å²) in [6.07, 6.45) is 1.14. The zero-order valence-electron chi connectivity index (χ0n) is 11.8. The fourth-order valence-corrected chi connectivity index (χ4v) is 1.64. The van der Waals surface area contributed by atoms with Gasteiger partial charge in [0, 0.05) is 25.2 Å².